The lowest BCUT2D eigenvalue weighted by atomic mass is 10.0. The Morgan fingerprint density at radius 3 is 2.25 bits per heavy atom. The van der Waals surface area contributed by atoms with Crippen LogP contribution < -0.4 is 10.1 Å². The maximum absolute atomic E-state index is 13.4. The maximum atomic E-state index is 13.4. The van der Waals surface area contributed by atoms with Crippen LogP contribution in [0.1, 0.15) is 40.0 Å². The molecule has 1 N–H and O–H groups in total. The van der Waals surface area contributed by atoms with Crippen molar-refractivity contribution in [2.45, 2.75) is 37.8 Å². The van der Waals surface area contributed by atoms with Crippen LogP contribution in [0.15, 0.2) is 36.4 Å². The fraction of sp³-hybridized carbons (Fsp3) is 0.333. The number of aromatic nitrogens is 1. The first-order chi connectivity index (χ1) is 13.1. The molecule has 3 rings (SSSR count). The second-order valence-electron chi connectivity index (χ2n) is 6.25. The van der Waals surface area contributed by atoms with Gasteiger partial charge in [-0.25, -0.2) is 4.98 Å². The Morgan fingerprint density at radius 1 is 1.07 bits per heavy atom. The average molecular weight is 404 g/mol. The third-order valence-electron chi connectivity index (χ3n) is 3.94. The molecule has 0 spiro atoms. The molecule has 10 heteroatoms. The summed E-state index contributed by atoms with van der Waals surface area (Å²) in [5, 5.41) is 2.15. The van der Waals surface area contributed by atoms with E-state index in [1.54, 1.807) is 30.3 Å². The van der Waals surface area contributed by atoms with E-state index in [1.807, 2.05) is 0 Å². The van der Waals surface area contributed by atoms with Gasteiger partial charge < -0.3 is 10.1 Å². The summed E-state index contributed by atoms with van der Waals surface area (Å²) in [4.78, 5) is 15.3. The average Bonchev–Trinajstić information content (AvgIpc) is 3.42. The van der Waals surface area contributed by atoms with E-state index in [1.165, 1.54) is 0 Å². The summed E-state index contributed by atoms with van der Waals surface area (Å²) in [5.74, 6) is -2.32. The van der Waals surface area contributed by atoms with E-state index < -0.39 is 47.0 Å². The molecule has 1 fully saturated rings. The molecule has 1 aromatic heterocycles. The number of carbonyl (C=O) groups excluding carboxylic acids is 1. The number of alkyl halides is 6. The first kappa shape index (κ1) is 20.0. The number of pyridine rings is 1. The molecule has 1 aliphatic carbocycles. The van der Waals surface area contributed by atoms with E-state index in [0.717, 1.165) is 0 Å². The van der Waals surface area contributed by atoms with Gasteiger partial charge >= 0.3 is 12.4 Å². The van der Waals surface area contributed by atoms with Gasteiger partial charge in [-0.3, -0.25) is 4.79 Å². The quantitative estimate of drug-likeness (QED) is 0.742. The van der Waals surface area contributed by atoms with Crippen LogP contribution >= 0.6 is 0 Å². The number of hydrogen-bond donors (Lipinski definition) is 1. The summed E-state index contributed by atoms with van der Waals surface area (Å²) in [6.45, 7) is -0.282. The molecule has 4 nitrogen and oxygen atoms in total. The highest BCUT2D eigenvalue weighted by atomic mass is 19.4. The molecule has 0 aliphatic heterocycles. The highest BCUT2D eigenvalue weighted by molar-refractivity contribution is 5.97. The number of rotatable bonds is 5. The fourth-order valence-corrected chi connectivity index (χ4v) is 2.47. The number of carbonyl (C=O) groups is 1. The molecule has 0 atom stereocenters. The van der Waals surface area contributed by atoms with Gasteiger partial charge in [0.15, 0.2) is 5.69 Å². The monoisotopic (exact) mass is 404 g/mol. The second-order valence-corrected chi connectivity index (χ2v) is 6.25. The molecule has 150 valence electrons. The molecule has 0 unspecified atom stereocenters. The topological polar surface area (TPSA) is 51.2 Å². The molecule has 1 amide bonds. The number of nitrogens with zero attached hydrogens (tertiary/aromatic N) is 1. The van der Waals surface area contributed by atoms with Crippen LogP contribution in [0.5, 0.6) is 5.88 Å². The Balaban J connectivity index is 2.03. The van der Waals surface area contributed by atoms with Crippen molar-refractivity contribution in [1.29, 1.82) is 0 Å². The van der Waals surface area contributed by atoms with E-state index in [0.29, 0.717) is 24.5 Å². The summed E-state index contributed by atoms with van der Waals surface area (Å²) < 4.78 is 85.6. The predicted molar refractivity (Wildman–Crippen MR) is 85.5 cm³/mol. The molecular formula is C18H14F6N2O2. The molecular weight excluding hydrogens is 390 g/mol. The first-order valence-corrected chi connectivity index (χ1v) is 8.22. The number of hydrogen-bond acceptors (Lipinski definition) is 3. The number of ether oxygens (including phenoxy) is 1. The summed E-state index contributed by atoms with van der Waals surface area (Å²) in [6.07, 6.45) is -9.48. The van der Waals surface area contributed by atoms with Gasteiger partial charge in [0.2, 0.25) is 5.88 Å². The Bertz CT molecular complexity index is 826. The van der Waals surface area contributed by atoms with Crippen molar-refractivity contribution < 1.29 is 35.9 Å². The Hall–Kier alpha value is -2.78. The third kappa shape index (κ3) is 4.73. The number of halogens is 6. The third-order valence-corrected chi connectivity index (χ3v) is 3.94. The smallest absolute Gasteiger partial charge is 0.434 e. The predicted octanol–water partition coefficient (Wildman–Crippen LogP) is 4.59. The van der Waals surface area contributed by atoms with Crippen molar-refractivity contribution in [3.05, 3.63) is 58.8 Å². The lowest BCUT2D eigenvalue weighted by molar-refractivity contribution is -0.146. The van der Waals surface area contributed by atoms with Gasteiger partial charge in [-0.2, -0.15) is 26.3 Å². The van der Waals surface area contributed by atoms with Gasteiger partial charge in [-0.1, -0.05) is 30.3 Å². The van der Waals surface area contributed by atoms with Gasteiger partial charge in [0, 0.05) is 12.1 Å². The molecule has 2 aromatic rings. The molecule has 28 heavy (non-hydrogen) atoms. The SMILES string of the molecule is O=C(NC1CC1)c1c(C(F)(F)F)cc(OCc2ccccc2)nc1C(F)(F)F. The van der Waals surface area contributed by atoms with Crippen LogP contribution in [-0.2, 0) is 19.0 Å². The summed E-state index contributed by atoms with van der Waals surface area (Å²) in [6, 6.07) is 8.04. The largest absolute Gasteiger partial charge is 0.473 e. The van der Waals surface area contributed by atoms with E-state index in [2.05, 4.69) is 10.3 Å². The zero-order valence-corrected chi connectivity index (χ0v) is 14.2. The van der Waals surface area contributed by atoms with Crippen molar-refractivity contribution in [1.82, 2.24) is 10.3 Å². The number of amides is 1. The summed E-state index contributed by atoms with van der Waals surface area (Å²) in [7, 11) is 0. The standard InChI is InChI=1S/C18H14F6N2O2/c19-17(20,21)12-8-13(28-9-10-4-2-1-3-5-10)26-15(18(22,23)24)14(12)16(27)25-11-6-7-11/h1-5,8,11H,6-7,9H2,(H,25,27). The van der Waals surface area contributed by atoms with E-state index in [4.69, 9.17) is 4.74 Å². The summed E-state index contributed by atoms with van der Waals surface area (Å²) in [5.41, 5.74) is -4.68. The van der Waals surface area contributed by atoms with Crippen LogP contribution in [0.4, 0.5) is 26.3 Å². The number of nitrogens with one attached hydrogen (secondary N) is 1. The molecule has 1 aromatic carbocycles. The zero-order chi connectivity index (χ0) is 20.5. The summed E-state index contributed by atoms with van der Waals surface area (Å²) >= 11 is 0. The minimum atomic E-state index is -5.28. The van der Waals surface area contributed by atoms with Crippen molar-refractivity contribution in [3.63, 3.8) is 0 Å². The Morgan fingerprint density at radius 2 is 1.71 bits per heavy atom. The Labute approximate surface area is 155 Å². The highest BCUT2D eigenvalue weighted by Gasteiger charge is 2.46. The van der Waals surface area contributed by atoms with Crippen LogP contribution in [0.3, 0.4) is 0 Å². The molecule has 1 saturated carbocycles. The van der Waals surface area contributed by atoms with Crippen LogP contribution in [0.25, 0.3) is 0 Å². The maximum Gasteiger partial charge on any atom is 0.434 e. The molecule has 0 radical (unpaired) electrons. The molecule has 1 heterocycles. The number of benzene rings is 1. The van der Waals surface area contributed by atoms with Crippen LogP contribution in [-0.4, -0.2) is 16.9 Å². The van der Waals surface area contributed by atoms with Crippen LogP contribution in [0, 0.1) is 0 Å². The Kier molecular flexibility index (Phi) is 5.22. The fourth-order valence-electron chi connectivity index (χ4n) is 2.47. The second kappa shape index (κ2) is 7.33. The lowest BCUT2D eigenvalue weighted by Gasteiger charge is -2.19. The minimum absolute atomic E-state index is 0.282. The van der Waals surface area contributed by atoms with Crippen molar-refractivity contribution >= 4 is 5.91 Å². The molecule has 0 bridgehead atoms. The van der Waals surface area contributed by atoms with E-state index in [-0.39, 0.29) is 6.61 Å². The van der Waals surface area contributed by atoms with Gasteiger partial charge in [-0.05, 0) is 18.4 Å². The van der Waals surface area contributed by atoms with Gasteiger partial charge in [0.05, 0.1) is 11.1 Å². The zero-order valence-electron chi connectivity index (χ0n) is 14.2. The normalized spacial score (nSPS) is 14.6. The lowest BCUT2D eigenvalue weighted by Crippen LogP contribution is -2.31. The van der Waals surface area contributed by atoms with E-state index >= 15 is 0 Å². The molecule has 0 saturated heterocycles. The van der Waals surface area contributed by atoms with Crippen LogP contribution in [0.2, 0.25) is 0 Å². The van der Waals surface area contributed by atoms with Gasteiger partial charge in [0.25, 0.3) is 5.91 Å². The molecule has 1 aliphatic rings. The van der Waals surface area contributed by atoms with E-state index in [9.17, 15) is 31.1 Å². The van der Waals surface area contributed by atoms with Gasteiger partial charge in [-0.15, -0.1) is 0 Å². The first-order valence-electron chi connectivity index (χ1n) is 8.22. The minimum Gasteiger partial charge on any atom is -0.473 e. The van der Waals surface area contributed by atoms with Crippen molar-refractivity contribution in [3.8, 4) is 5.88 Å². The van der Waals surface area contributed by atoms with Crippen molar-refractivity contribution in [2.75, 3.05) is 0 Å². The van der Waals surface area contributed by atoms with Gasteiger partial charge in [0.1, 0.15) is 6.61 Å². The van der Waals surface area contributed by atoms with Crippen molar-refractivity contribution in [2.24, 2.45) is 0 Å². The highest BCUT2D eigenvalue weighted by Crippen LogP contribution is 2.40.